The third-order valence-corrected chi connectivity index (χ3v) is 7.71. The summed E-state index contributed by atoms with van der Waals surface area (Å²) in [6.45, 7) is 8.58. The molecule has 0 aromatic carbocycles. The lowest BCUT2D eigenvalue weighted by atomic mass is 10.1. The molecule has 0 unspecified atom stereocenters. The molecule has 0 saturated heterocycles. The molecule has 0 aliphatic rings. The van der Waals surface area contributed by atoms with Crippen molar-refractivity contribution in [3.8, 4) is 0 Å². The summed E-state index contributed by atoms with van der Waals surface area (Å²) in [6.07, 6.45) is 23.8. The van der Waals surface area contributed by atoms with Gasteiger partial charge in [0, 0.05) is 20.3 Å². The Morgan fingerprint density at radius 3 is 1.69 bits per heavy atom. The fourth-order valence-electron chi connectivity index (χ4n) is 2.97. The standard InChI is InChI=1S/C23H48O2Si/c1-5-6-7-8-9-10-11-12-13-14-15-16-17-18-19-20-21-25-22-23-26(3,4)24-2/h12-13H,5-11,14-23H2,1-4H3/b13-12-. The lowest BCUT2D eigenvalue weighted by molar-refractivity contribution is 0.139. The minimum atomic E-state index is -1.42. The van der Waals surface area contributed by atoms with Crippen molar-refractivity contribution in [1.82, 2.24) is 0 Å². The molecule has 3 heteroatoms. The molecule has 0 rings (SSSR count). The number of unbranched alkanes of at least 4 members (excludes halogenated alkanes) is 12. The summed E-state index contributed by atoms with van der Waals surface area (Å²) in [6, 6.07) is 1.11. The molecule has 0 aliphatic heterocycles. The Bertz CT molecular complexity index is 303. The van der Waals surface area contributed by atoms with E-state index in [2.05, 4.69) is 32.2 Å². The van der Waals surface area contributed by atoms with Crippen molar-refractivity contribution in [2.24, 2.45) is 0 Å². The average Bonchev–Trinajstić information content (AvgIpc) is 2.63. The van der Waals surface area contributed by atoms with E-state index in [0.717, 1.165) is 19.3 Å². The Hall–Kier alpha value is -0.123. The van der Waals surface area contributed by atoms with Crippen molar-refractivity contribution < 1.29 is 9.16 Å². The van der Waals surface area contributed by atoms with Gasteiger partial charge in [-0.25, -0.2) is 0 Å². The van der Waals surface area contributed by atoms with Crippen LogP contribution in [0.1, 0.15) is 96.8 Å². The lowest BCUT2D eigenvalue weighted by Gasteiger charge is -2.19. The number of ether oxygens (including phenoxy) is 1. The van der Waals surface area contributed by atoms with E-state index in [0.29, 0.717) is 0 Å². The van der Waals surface area contributed by atoms with Crippen LogP contribution in [0.3, 0.4) is 0 Å². The molecule has 0 spiro atoms. The highest BCUT2D eigenvalue weighted by Gasteiger charge is 2.19. The maximum Gasteiger partial charge on any atom is 0.188 e. The quantitative estimate of drug-likeness (QED) is 0.121. The van der Waals surface area contributed by atoms with E-state index in [-0.39, 0.29) is 0 Å². The van der Waals surface area contributed by atoms with Gasteiger partial charge in [0.1, 0.15) is 0 Å². The van der Waals surface area contributed by atoms with Gasteiger partial charge in [0.05, 0.1) is 0 Å². The van der Waals surface area contributed by atoms with E-state index in [1.54, 1.807) is 0 Å². The Balaban J connectivity index is 3.14. The zero-order valence-electron chi connectivity index (χ0n) is 18.5. The van der Waals surface area contributed by atoms with Crippen LogP contribution in [0.15, 0.2) is 12.2 Å². The minimum absolute atomic E-state index is 0.873. The van der Waals surface area contributed by atoms with Gasteiger partial charge in [0.25, 0.3) is 0 Å². The molecule has 0 amide bonds. The molecule has 0 aromatic heterocycles. The first-order valence-corrected chi connectivity index (χ1v) is 14.5. The van der Waals surface area contributed by atoms with Crippen LogP contribution in [0.25, 0.3) is 0 Å². The van der Waals surface area contributed by atoms with Crippen LogP contribution in [0.2, 0.25) is 19.1 Å². The van der Waals surface area contributed by atoms with Crippen LogP contribution in [-0.2, 0) is 9.16 Å². The van der Waals surface area contributed by atoms with Crippen LogP contribution in [-0.4, -0.2) is 28.6 Å². The molecule has 0 aromatic rings. The first-order valence-electron chi connectivity index (χ1n) is 11.4. The molecule has 0 atom stereocenters. The molecular formula is C23H48O2Si. The maximum atomic E-state index is 5.74. The van der Waals surface area contributed by atoms with E-state index >= 15 is 0 Å². The largest absolute Gasteiger partial charge is 0.420 e. The highest BCUT2D eigenvalue weighted by Crippen LogP contribution is 2.11. The van der Waals surface area contributed by atoms with Gasteiger partial charge in [-0.1, -0.05) is 76.9 Å². The SMILES string of the molecule is CCCCCCCC/C=C\CCCCCCCCOCC[Si](C)(C)OC. The van der Waals surface area contributed by atoms with Gasteiger partial charge in [0.15, 0.2) is 8.32 Å². The predicted molar refractivity (Wildman–Crippen MR) is 120 cm³/mol. The molecule has 0 bridgehead atoms. The average molecular weight is 385 g/mol. The van der Waals surface area contributed by atoms with E-state index in [4.69, 9.17) is 9.16 Å². The summed E-state index contributed by atoms with van der Waals surface area (Å²) in [5, 5.41) is 0. The highest BCUT2D eigenvalue weighted by atomic mass is 28.4. The summed E-state index contributed by atoms with van der Waals surface area (Å²) in [4.78, 5) is 0. The molecule has 156 valence electrons. The molecular weight excluding hydrogens is 336 g/mol. The normalized spacial score (nSPS) is 12.3. The number of hydrogen-bond donors (Lipinski definition) is 0. The summed E-state index contributed by atoms with van der Waals surface area (Å²) < 4.78 is 11.3. The first-order chi connectivity index (χ1) is 12.6. The highest BCUT2D eigenvalue weighted by molar-refractivity contribution is 6.71. The summed E-state index contributed by atoms with van der Waals surface area (Å²) >= 11 is 0. The Kier molecular flexibility index (Phi) is 19.5. The van der Waals surface area contributed by atoms with Crippen LogP contribution in [0, 0.1) is 0 Å². The van der Waals surface area contributed by atoms with Gasteiger partial charge in [-0.3, -0.25) is 0 Å². The van der Waals surface area contributed by atoms with Gasteiger partial charge in [0.2, 0.25) is 0 Å². The Morgan fingerprint density at radius 2 is 1.15 bits per heavy atom. The second kappa shape index (κ2) is 19.6. The lowest BCUT2D eigenvalue weighted by Crippen LogP contribution is -2.29. The zero-order valence-corrected chi connectivity index (χ0v) is 19.5. The zero-order chi connectivity index (χ0) is 19.3. The van der Waals surface area contributed by atoms with E-state index in [9.17, 15) is 0 Å². The van der Waals surface area contributed by atoms with Crippen molar-refractivity contribution in [2.75, 3.05) is 20.3 Å². The van der Waals surface area contributed by atoms with Gasteiger partial charge < -0.3 is 9.16 Å². The first kappa shape index (κ1) is 25.9. The molecule has 0 aliphatic carbocycles. The van der Waals surface area contributed by atoms with Crippen molar-refractivity contribution >= 4 is 8.32 Å². The molecule has 26 heavy (non-hydrogen) atoms. The van der Waals surface area contributed by atoms with Gasteiger partial charge in [-0.05, 0) is 51.2 Å². The topological polar surface area (TPSA) is 18.5 Å². The second-order valence-corrected chi connectivity index (χ2v) is 12.7. The van der Waals surface area contributed by atoms with Crippen LogP contribution < -0.4 is 0 Å². The van der Waals surface area contributed by atoms with Gasteiger partial charge >= 0.3 is 0 Å². The van der Waals surface area contributed by atoms with Crippen LogP contribution in [0.5, 0.6) is 0 Å². The third kappa shape index (κ3) is 20.2. The van der Waals surface area contributed by atoms with Crippen molar-refractivity contribution in [2.45, 2.75) is 116 Å². The summed E-state index contributed by atoms with van der Waals surface area (Å²) in [5.74, 6) is 0. The fraction of sp³-hybridized carbons (Fsp3) is 0.913. The monoisotopic (exact) mass is 384 g/mol. The number of hydrogen-bond acceptors (Lipinski definition) is 2. The van der Waals surface area contributed by atoms with Crippen LogP contribution >= 0.6 is 0 Å². The molecule has 0 fully saturated rings. The molecule has 0 saturated carbocycles. The predicted octanol–water partition coefficient (Wildman–Crippen LogP) is 7.89. The number of allylic oxidation sites excluding steroid dienone is 2. The summed E-state index contributed by atoms with van der Waals surface area (Å²) in [7, 11) is 0.411. The fourth-order valence-corrected chi connectivity index (χ4v) is 3.81. The third-order valence-electron chi connectivity index (χ3n) is 5.20. The molecule has 0 heterocycles. The molecule has 0 radical (unpaired) electrons. The van der Waals surface area contributed by atoms with Crippen molar-refractivity contribution in [3.05, 3.63) is 12.2 Å². The minimum Gasteiger partial charge on any atom is -0.420 e. The Morgan fingerprint density at radius 1 is 0.654 bits per heavy atom. The maximum absolute atomic E-state index is 5.74. The van der Waals surface area contributed by atoms with Gasteiger partial charge in [-0.15, -0.1) is 0 Å². The number of rotatable bonds is 20. The van der Waals surface area contributed by atoms with E-state index < -0.39 is 8.32 Å². The smallest absolute Gasteiger partial charge is 0.188 e. The Labute approximate surface area is 166 Å². The second-order valence-electron chi connectivity index (χ2n) is 8.26. The molecule has 0 N–H and O–H groups in total. The molecule has 2 nitrogen and oxygen atoms in total. The summed E-state index contributed by atoms with van der Waals surface area (Å²) in [5.41, 5.74) is 0. The van der Waals surface area contributed by atoms with Crippen LogP contribution in [0.4, 0.5) is 0 Å². The van der Waals surface area contributed by atoms with Gasteiger partial charge in [-0.2, -0.15) is 0 Å². The van der Waals surface area contributed by atoms with Crippen molar-refractivity contribution in [3.63, 3.8) is 0 Å². The van der Waals surface area contributed by atoms with E-state index in [1.165, 1.54) is 89.9 Å². The van der Waals surface area contributed by atoms with Crippen molar-refractivity contribution in [1.29, 1.82) is 0 Å². The van der Waals surface area contributed by atoms with E-state index in [1.807, 2.05) is 7.11 Å².